The lowest BCUT2D eigenvalue weighted by Gasteiger charge is -2.39. The van der Waals surface area contributed by atoms with Gasteiger partial charge >= 0.3 is 0 Å². The van der Waals surface area contributed by atoms with Crippen molar-refractivity contribution in [1.29, 1.82) is 0 Å². The van der Waals surface area contributed by atoms with E-state index in [0.29, 0.717) is 12.3 Å². The Morgan fingerprint density at radius 1 is 1.15 bits per heavy atom. The van der Waals surface area contributed by atoms with E-state index in [9.17, 15) is 9.59 Å². The Bertz CT molecular complexity index is 651. The first-order valence-electron chi connectivity index (χ1n) is 10.5. The lowest BCUT2D eigenvalue weighted by molar-refractivity contribution is -0.133. The highest BCUT2D eigenvalue weighted by Crippen LogP contribution is 2.32. The maximum Gasteiger partial charge on any atom is 0.257 e. The molecule has 0 aliphatic carbocycles. The van der Waals surface area contributed by atoms with E-state index < -0.39 is 0 Å². The van der Waals surface area contributed by atoms with Crippen molar-refractivity contribution in [3.8, 4) is 0 Å². The number of hydrogen-bond donors (Lipinski definition) is 1. The molecule has 2 aliphatic heterocycles. The lowest BCUT2D eigenvalue weighted by atomic mass is 9.89. The average molecular weight is 375 g/mol. The summed E-state index contributed by atoms with van der Waals surface area (Å²) in [4.78, 5) is 29.6. The summed E-state index contributed by atoms with van der Waals surface area (Å²) >= 11 is 0. The van der Waals surface area contributed by atoms with Gasteiger partial charge in [-0.1, -0.05) is 13.8 Å². The van der Waals surface area contributed by atoms with Gasteiger partial charge < -0.3 is 9.80 Å². The van der Waals surface area contributed by atoms with Gasteiger partial charge in [-0.3, -0.25) is 14.7 Å². The van der Waals surface area contributed by atoms with E-state index in [1.54, 1.807) is 6.20 Å². The number of nitrogens with one attached hydrogen (secondary N) is 1. The number of hydrogen-bond acceptors (Lipinski definition) is 3. The topological polar surface area (TPSA) is 69.3 Å². The highest BCUT2D eigenvalue weighted by Gasteiger charge is 2.34. The van der Waals surface area contributed by atoms with E-state index in [1.807, 2.05) is 9.80 Å². The van der Waals surface area contributed by atoms with Gasteiger partial charge in [0.15, 0.2) is 0 Å². The summed E-state index contributed by atoms with van der Waals surface area (Å²) in [5, 5.41) is 7.30. The Kier molecular flexibility index (Phi) is 6.22. The molecule has 1 aromatic rings. The number of aromatic nitrogens is 2. The molecule has 2 aliphatic rings. The number of aromatic amines is 1. The minimum absolute atomic E-state index is 0.108. The molecule has 27 heavy (non-hydrogen) atoms. The van der Waals surface area contributed by atoms with E-state index in [4.69, 9.17) is 0 Å². The van der Waals surface area contributed by atoms with Crippen LogP contribution in [0.5, 0.6) is 0 Å². The third-order valence-electron chi connectivity index (χ3n) is 6.17. The van der Waals surface area contributed by atoms with Gasteiger partial charge in [0.1, 0.15) is 0 Å². The number of H-pyrrole nitrogens is 1. The fourth-order valence-corrected chi connectivity index (χ4v) is 4.63. The summed E-state index contributed by atoms with van der Waals surface area (Å²) in [7, 11) is 0. The van der Waals surface area contributed by atoms with Crippen molar-refractivity contribution in [2.75, 3.05) is 13.1 Å². The van der Waals surface area contributed by atoms with Crippen molar-refractivity contribution in [3.05, 3.63) is 17.5 Å². The van der Waals surface area contributed by atoms with Gasteiger partial charge in [0.25, 0.3) is 5.91 Å². The number of carbonyl (C=O) groups is 2. The number of piperidine rings is 2. The zero-order chi connectivity index (χ0) is 19.6. The van der Waals surface area contributed by atoms with Crippen LogP contribution in [0.1, 0.15) is 88.2 Å². The second kappa shape index (κ2) is 8.44. The molecule has 3 rings (SSSR count). The summed E-state index contributed by atoms with van der Waals surface area (Å²) in [5.74, 6) is 1.02. The third kappa shape index (κ3) is 4.36. The van der Waals surface area contributed by atoms with Gasteiger partial charge in [-0.05, 0) is 51.9 Å². The first-order chi connectivity index (χ1) is 12.9. The van der Waals surface area contributed by atoms with Gasteiger partial charge in [0.2, 0.25) is 5.91 Å². The van der Waals surface area contributed by atoms with Gasteiger partial charge in [-0.15, -0.1) is 0 Å². The Morgan fingerprint density at radius 2 is 1.78 bits per heavy atom. The fraction of sp³-hybridized carbons (Fsp3) is 0.762. The fourth-order valence-electron chi connectivity index (χ4n) is 4.63. The Balaban J connectivity index is 1.67. The summed E-state index contributed by atoms with van der Waals surface area (Å²) in [6.45, 7) is 9.97. The van der Waals surface area contributed by atoms with E-state index in [-0.39, 0.29) is 29.8 Å². The average Bonchev–Trinajstić information content (AvgIpc) is 3.10. The van der Waals surface area contributed by atoms with Crippen LogP contribution in [0.3, 0.4) is 0 Å². The van der Waals surface area contributed by atoms with E-state index >= 15 is 0 Å². The SMILES string of the molecule is CC(C)CC(=O)N1CCC(c2[nH]ncc2C(=O)N2C(C)CCCC2C)CC1. The molecule has 0 saturated carbocycles. The standard InChI is InChI=1S/C21H34N4O2/c1-14(2)12-19(26)24-10-8-17(9-11-24)20-18(13-22-23-20)21(27)25-15(3)6-5-7-16(25)4/h13-17H,5-12H2,1-4H3,(H,22,23). The quantitative estimate of drug-likeness (QED) is 0.876. The van der Waals surface area contributed by atoms with E-state index in [0.717, 1.165) is 50.0 Å². The zero-order valence-corrected chi connectivity index (χ0v) is 17.2. The zero-order valence-electron chi connectivity index (χ0n) is 17.2. The summed E-state index contributed by atoms with van der Waals surface area (Å²) in [5.41, 5.74) is 1.68. The molecule has 1 N–H and O–H groups in total. The first kappa shape index (κ1) is 19.9. The van der Waals surface area contributed by atoms with Crippen molar-refractivity contribution in [1.82, 2.24) is 20.0 Å². The molecule has 0 bridgehead atoms. The Morgan fingerprint density at radius 3 is 2.37 bits per heavy atom. The molecule has 1 aromatic heterocycles. The maximum atomic E-state index is 13.2. The smallest absolute Gasteiger partial charge is 0.257 e. The minimum Gasteiger partial charge on any atom is -0.343 e. The molecule has 0 aromatic carbocycles. The van der Waals surface area contributed by atoms with Crippen molar-refractivity contribution in [2.45, 2.75) is 84.2 Å². The van der Waals surface area contributed by atoms with Gasteiger partial charge in [0.05, 0.1) is 17.5 Å². The van der Waals surface area contributed by atoms with Crippen LogP contribution in [-0.2, 0) is 4.79 Å². The van der Waals surface area contributed by atoms with Crippen LogP contribution in [0.4, 0.5) is 0 Å². The molecule has 0 radical (unpaired) electrons. The monoisotopic (exact) mass is 374 g/mol. The molecule has 2 amide bonds. The molecule has 2 unspecified atom stereocenters. The molecule has 2 saturated heterocycles. The molecule has 150 valence electrons. The Hall–Kier alpha value is -1.85. The van der Waals surface area contributed by atoms with Crippen LogP contribution >= 0.6 is 0 Å². The van der Waals surface area contributed by atoms with Gasteiger partial charge in [-0.2, -0.15) is 5.10 Å². The van der Waals surface area contributed by atoms with Crippen LogP contribution < -0.4 is 0 Å². The van der Waals surface area contributed by atoms with Crippen molar-refractivity contribution in [3.63, 3.8) is 0 Å². The highest BCUT2D eigenvalue weighted by molar-refractivity contribution is 5.95. The van der Waals surface area contributed by atoms with Gasteiger partial charge in [-0.25, -0.2) is 0 Å². The number of carbonyl (C=O) groups excluding carboxylic acids is 2. The van der Waals surface area contributed by atoms with Crippen molar-refractivity contribution in [2.24, 2.45) is 5.92 Å². The summed E-state index contributed by atoms with van der Waals surface area (Å²) < 4.78 is 0. The number of nitrogens with zero attached hydrogens (tertiary/aromatic N) is 3. The molecule has 2 atom stereocenters. The maximum absolute atomic E-state index is 13.2. The number of likely N-dealkylation sites (tertiary alicyclic amines) is 2. The molecule has 0 spiro atoms. The van der Waals surface area contributed by atoms with Gasteiger partial charge in [0, 0.05) is 37.5 Å². The molecule has 6 nitrogen and oxygen atoms in total. The summed E-state index contributed by atoms with van der Waals surface area (Å²) in [6.07, 6.45) is 7.41. The van der Waals surface area contributed by atoms with Crippen LogP contribution in [0.15, 0.2) is 6.20 Å². The lowest BCUT2D eigenvalue weighted by Crippen LogP contribution is -2.47. The third-order valence-corrected chi connectivity index (χ3v) is 6.17. The highest BCUT2D eigenvalue weighted by atomic mass is 16.2. The van der Waals surface area contributed by atoms with Crippen molar-refractivity contribution >= 4 is 11.8 Å². The van der Waals surface area contributed by atoms with E-state index in [2.05, 4.69) is 37.9 Å². The molecule has 3 heterocycles. The number of amides is 2. The van der Waals surface area contributed by atoms with Crippen LogP contribution in [-0.4, -0.2) is 57.0 Å². The van der Waals surface area contributed by atoms with Crippen LogP contribution in [0.25, 0.3) is 0 Å². The predicted molar refractivity (Wildman–Crippen MR) is 106 cm³/mol. The number of rotatable bonds is 4. The molecular weight excluding hydrogens is 340 g/mol. The summed E-state index contributed by atoms with van der Waals surface area (Å²) in [6, 6.07) is 0.555. The molecule has 6 heteroatoms. The second-order valence-corrected chi connectivity index (χ2v) is 8.79. The minimum atomic E-state index is 0.108. The van der Waals surface area contributed by atoms with Crippen LogP contribution in [0, 0.1) is 5.92 Å². The second-order valence-electron chi connectivity index (χ2n) is 8.79. The van der Waals surface area contributed by atoms with E-state index in [1.165, 1.54) is 6.42 Å². The first-order valence-corrected chi connectivity index (χ1v) is 10.5. The van der Waals surface area contributed by atoms with Crippen LogP contribution in [0.2, 0.25) is 0 Å². The molecule has 2 fully saturated rings. The molecular formula is C21H34N4O2. The van der Waals surface area contributed by atoms with Crippen molar-refractivity contribution < 1.29 is 9.59 Å². The normalized spacial score (nSPS) is 24.5. The predicted octanol–water partition coefficient (Wildman–Crippen LogP) is 3.56. The Labute approximate surface area is 162 Å². The largest absolute Gasteiger partial charge is 0.343 e.